The number of aliphatic hydroxyl groups is 1. The molecule has 0 fully saturated rings. The van der Waals surface area contributed by atoms with Gasteiger partial charge in [0.05, 0.1) is 18.6 Å². The van der Waals surface area contributed by atoms with E-state index in [-0.39, 0.29) is 18.1 Å². The quantitative estimate of drug-likeness (QED) is 0.758. The van der Waals surface area contributed by atoms with Gasteiger partial charge in [0, 0.05) is 6.54 Å². The molecule has 0 aliphatic carbocycles. The van der Waals surface area contributed by atoms with E-state index in [0.717, 1.165) is 0 Å². The third-order valence-corrected chi connectivity index (χ3v) is 2.32. The zero-order valence-corrected chi connectivity index (χ0v) is 9.80. The monoisotopic (exact) mass is 247 g/mol. The Balaban J connectivity index is 2.75. The Morgan fingerprint density at radius 2 is 2.31 bits per heavy atom. The van der Waals surface area contributed by atoms with E-state index in [1.807, 2.05) is 6.92 Å². The summed E-state index contributed by atoms with van der Waals surface area (Å²) in [6.07, 6.45) is -0.712. The molecule has 90 valence electrons. The molecule has 3 nitrogen and oxygen atoms in total. The minimum Gasteiger partial charge on any atom is -0.492 e. The van der Waals surface area contributed by atoms with Gasteiger partial charge in [0.25, 0.3) is 0 Å². The van der Waals surface area contributed by atoms with Crippen LogP contribution in [0.5, 0.6) is 5.75 Å². The van der Waals surface area contributed by atoms with Crippen molar-refractivity contribution in [3.8, 4) is 5.75 Å². The molecule has 1 aromatic rings. The summed E-state index contributed by atoms with van der Waals surface area (Å²) in [6, 6.07) is 4.57. The molecule has 0 aromatic heterocycles. The Hall–Kier alpha value is -1.00. The molecule has 0 saturated heterocycles. The van der Waals surface area contributed by atoms with Crippen LogP contribution in [0.25, 0.3) is 0 Å². The van der Waals surface area contributed by atoms with Crippen LogP contribution in [0.1, 0.15) is 6.92 Å². The summed E-state index contributed by atoms with van der Waals surface area (Å²) in [5.41, 5.74) is 0.258. The van der Waals surface area contributed by atoms with Crippen molar-refractivity contribution in [1.82, 2.24) is 0 Å². The van der Waals surface area contributed by atoms with Crippen LogP contribution in [0.3, 0.4) is 0 Å². The first-order chi connectivity index (χ1) is 7.69. The van der Waals surface area contributed by atoms with Crippen molar-refractivity contribution in [2.75, 3.05) is 24.3 Å². The summed E-state index contributed by atoms with van der Waals surface area (Å²) < 4.78 is 18.7. The molecule has 0 spiro atoms. The summed E-state index contributed by atoms with van der Waals surface area (Å²) >= 11 is 5.44. The fourth-order valence-electron chi connectivity index (χ4n) is 1.23. The van der Waals surface area contributed by atoms with Crippen LogP contribution in [0.2, 0.25) is 0 Å². The lowest BCUT2D eigenvalue weighted by Gasteiger charge is -2.14. The molecule has 0 aliphatic rings. The van der Waals surface area contributed by atoms with Gasteiger partial charge in [0.15, 0.2) is 0 Å². The number of ether oxygens (including phenoxy) is 1. The van der Waals surface area contributed by atoms with Gasteiger partial charge in [-0.3, -0.25) is 0 Å². The van der Waals surface area contributed by atoms with Crippen molar-refractivity contribution >= 4 is 17.3 Å². The molecule has 1 unspecified atom stereocenters. The predicted molar refractivity (Wildman–Crippen MR) is 62.8 cm³/mol. The van der Waals surface area contributed by atoms with Crippen LogP contribution in [0.4, 0.5) is 10.1 Å². The molecular formula is C11H15ClFNO2. The molecule has 0 heterocycles. The Labute approximate surface area is 99.2 Å². The van der Waals surface area contributed by atoms with Crippen LogP contribution in [-0.4, -0.2) is 30.2 Å². The van der Waals surface area contributed by atoms with Gasteiger partial charge in [0.1, 0.15) is 17.3 Å². The van der Waals surface area contributed by atoms with Crippen molar-refractivity contribution in [2.45, 2.75) is 13.0 Å². The van der Waals surface area contributed by atoms with Crippen LogP contribution >= 0.6 is 11.6 Å². The van der Waals surface area contributed by atoms with Crippen molar-refractivity contribution in [3.63, 3.8) is 0 Å². The maximum absolute atomic E-state index is 13.5. The molecule has 0 aliphatic heterocycles. The highest BCUT2D eigenvalue weighted by Crippen LogP contribution is 2.27. The Bertz CT molecular complexity index is 336. The average Bonchev–Trinajstić information content (AvgIpc) is 2.28. The van der Waals surface area contributed by atoms with Gasteiger partial charge in [-0.25, -0.2) is 4.39 Å². The predicted octanol–water partition coefficient (Wildman–Crippen LogP) is 2.24. The summed E-state index contributed by atoms with van der Waals surface area (Å²) in [5, 5.41) is 12.1. The normalized spacial score (nSPS) is 12.2. The zero-order chi connectivity index (χ0) is 12.0. The SMILES string of the molecule is CCOc1cccc(F)c1NCC(O)CCl. The molecule has 0 bridgehead atoms. The number of benzene rings is 1. The van der Waals surface area contributed by atoms with Crippen LogP contribution < -0.4 is 10.1 Å². The van der Waals surface area contributed by atoms with E-state index in [4.69, 9.17) is 16.3 Å². The molecule has 5 heteroatoms. The van der Waals surface area contributed by atoms with E-state index in [1.54, 1.807) is 12.1 Å². The molecule has 1 atom stereocenters. The minimum atomic E-state index is -0.712. The lowest BCUT2D eigenvalue weighted by molar-refractivity contribution is 0.211. The van der Waals surface area contributed by atoms with Crippen LogP contribution in [0.15, 0.2) is 18.2 Å². The topological polar surface area (TPSA) is 41.5 Å². The maximum Gasteiger partial charge on any atom is 0.150 e. The number of halogens is 2. The number of aliphatic hydroxyl groups excluding tert-OH is 1. The van der Waals surface area contributed by atoms with E-state index >= 15 is 0 Å². The standard InChI is InChI=1S/C11H15ClFNO2/c1-2-16-10-5-3-4-9(13)11(10)14-7-8(15)6-12/h3-5,8,14-15H,2,6-7H2,1H3. The van der Waals surface area contributed by atoms with Crippen molar-refractivity contribution < 1.29 is 14.2 Å². The van der Waals surface area contributed by atoms with Crippen molar-refractivity contribution in [3.05, 3.63) is 24.0 Å². The molecule has 0 radical (unpaired) electrons. The number of anilines is 1. The van der Waals surface area contributed by atoms with E-state index < -0.39 is 11.9 Å². The number of hydrogen-bond acceptors (Lipinski definition) is 3. The fourth-order valence-corrected chi connectivity index (χ4v) is 1.34. The summed E-state index contributed by atoms with van der Waals surface area (Å²) in [5.74, 6) is 0.128. The number of alkyl halides is 1. The Kier molecular flexibility index (Phi) is 5.35. The summed E-state index contributed by atoms with van der Waals surface area (Å²) in [4.78, 5) is 0. The van der Waals surface area contributed by atoms with E-state index in [0.29, 0.717) is 12.4 Å². The highest BCUT2D eigenvalue weighted by Gasteiger charge is 2.10. The summed E-state index contributed by atoms with van der Waals surface area (Å²) in [7, 11) is 0. The second-order valence-electron chi connectivity index (χ2n) is 3.24. The average molecular weight is 248 g/mol. The Morgan fingerprint density at radius 3 is 2.94 bits per heavy atom. The second kappa shape index (κ2) is 6.55. The number of para-hydroxylation sites is 1. The highest BCUT2D eigenvalue weighted by atomic mass is 35.5. The van der Waals surface area contributed by atoms with Gasteiger partial charge in [-0.15, -0.1) is 11.6 Å². The number of hydrogen-bond donors (Lipinski definition) is 2. The number of rotatable bonds is 6. The lowest BCUT2D eigenvalue weighted by Crippen LogP contribution is -2.21. The first kappa shape index (κ1) is 13.1. The van der Waals surface area contributed by atoms with E-state index in [2.05, 4.69) is 5.32 Å². The third-order valence-electron chi connectivity index (χ3n) is 1.97. The molecule has 1 rings (SSSR count). The van der Waals surface area contributed by atoms with Crippen LogP contribution in [0, 0.1) is 5.82 Å². The molecular weight excluding hydrogens is 233 g/mol. The van der Waals surface area contributed by atoms with Gasteiger partial charge < -0.3 is 15.2 Å². The second-order valence-corrected chi connectivity index (χ2v) is 3.54. The van der Waals surface area contributed by atoms with E-state index in [9.17, 15) is 9.50 Å². The largest absolute Gasteiger partial charge is 0.492 e. The fraction of sp³-hybridized carbons (Fsp3) is 0.455. The first-order valence-electron chi connectivity index (χ1n) is 5.08. The first-order valence-corrected chi connectivity index (χ1v) is 5.61. The lowest BCUT2D eigenvalue weighted by atomic mass is 10.2. The molecule has 0 amide bonds. The molecule has 1 aromatic carbocycles. The molecule has 2 N–H and O–H groups in total. The van der Waals surface area contributed by atoms with Gasteiger partial charge >= 0.3 is 0 Å². The van der Waals surface area contributed by atoms with Gasteiger partial charge in [0.2, 0.25) is 0 Å². The zero-order valence-electron chi connectivity index (χ0n) is 9.04. The number of nitrogens with one attached hydrogen (secondary N) is 1. The molecule has 0 saturated carbocycles. The molecule has 16 heavy (non-hydrogen) atoms. The minimum absolute atomic E-state index is 0.103. The summed E-state index contributed by atoms with van der Waals surface area (Å²) in [6.45, 7) is 2.46. The van der Waals surface area contributed by atoms with E-state index in [1.165, 1.54) is 6.07 Å². The smallest absolute Gasteiger partial charge is 0.150 e. The van der Waals surface area contributed by atoms with Gasteiger partial charge in [-0.1, -0.05) is 6.07 Å². The maximum atomic E-state index is 13.5. The van der Waals surface area contributed by atoms with Crippen LogP contribution in [-0.2, 0) is 0 Å². The van der Waals surface area contributed by atoms with Crippen molar-refractivity contribution in [1.29, 1.82) is 0 Å². The third kappa shape index (κ3) is 3.54. The van der Waals surface area contributed by atoms with Gasteiger partial charge in [-0.05, 0) is 19.1 Å². The Morgan fingerprint density at radius 1 is 1.56 bits per heavy atom. The highest BCUT2D eigenvalue weighted by molar-refractivity contribution is 6.18. The van der Waals surface area contributed by atoms with Gasteiger partial charge in [-0.2, -0.15) is 0 Å². The van der Waals surface area contributed by atoms with Crippen molar-refractivity contribution in [2.24, 2.45) is 0 Å².